The number of rotatable bonds is 7. The number of amides is 1. The molecule has 0 atom stereocenters. The van der Waals surface area contributed by atoms with Crippen molar-refractivity contribution >= 4 is 11.9 Å². The van der Waals surface area contributed by atoms with E-state index in [1.807, 2.05) is 24.3 Å². The molecule has 28 heavy (non-hydrogen) atoms. The lowest BCUT2D eigenvalue weighted by atomic mass is 10.1. The highest BCUT2D eigenvalue weighted by atomic mass is 16.5. The Balaban J connectivity index is 1.64. The molecule has 0 radical (unpaired) electrons. The molecule has 3 rings (SSSR count). The predicted molar refractivity (Wildman–Crippen MR) is 101 cm³/mol. The zero-order valence-corrected chi connectivity index (χ0v) is 16.2. The number of hydrogen-bond donors (Lipinski definition) is 0. The van der Waals surface area contributed by atoms with Crippen LogP contribution in [-0.4, -0.2) is 36.5 Å². The molecule has 148 valence electrons. The summed E-state index contributed by atoms with van der Waals surface area (Å²) >= 11 is 0. The van der Waals surface area contributed by atoms with Crippen LogP contribution in [0.5, 0.6) is 5.75 Å². The van der Waals surface area contributed by atoms with Gasteiger partial charge in [-0.25, -0.2) is 9.59 Å². The first-order valence-electron chi connectivity index (χ1n) is 9.10. The maximum atomic E-state index is 12.7. The highest BCUT2D eigenvalue weighted by molar-refractivity contribution is 5.93. The molecule has 1 aromatic carbocycles. The van der Waals surface area contributed by atoms with Crippen molar-refractivity contribution in [2.45, 2.75) is 39.3 Å². The van der Waals surface area contributed by atoms with Gasteiger partial charge in [0.25, 0.3) is 5.91 Å². The van der Waals surface area contributed by atoms with Gasteiger partial charge in [0.2, 0.25) is 0 Å². The molecule has 0 unspecified atom stereocenters. The van der Waals surface area contributed by atoms with Gasteiger partial charge in [-0.3, -0.25) is 4.79 Å². The van der Waals surface area contributed by atoms with E-state index in [0.29, 0.717) is 12.1 Å². The van der Waals surface area contributed by atoms with Gasteiger partial charge in [-0.2, -0.15) is 0 Å². The van der Waals surface area contributed by atoms with Crippen molar-refractivity contribution in [2.75, 3.05) is 13.7 Å². The summed E-state index contributed by atoms with van der Waals surface area (Å²) in [5, 5.41) is 0. The molecule has 0 spiro atoms. The van der Waals surface area contributed by atoms with Gasteiger partial charge in [-0.1, -0.05) is 12.1 Å². The molecule has 7 nitrogen and oxygen atoms in total. The van der Waals surface area contributed by atoms with E-state index in [1.54, 1.807) is 18.9 Å². The second-order valence-corrected chi connectivity index (χ2v) is 6.86. The monoisotopic (exact) mass is 385 g/mol. The quantitative estimate of drug-likeness (QED) is 0.681. The van der Waals surface area contributed by atoms with Crippen LogP contribution in [0.4, 0.5) is 0 Å². The first kappa shape index (κ1) is 19.7. The van der Waals surface area contributed by atoms with Crippen molar-refractivity contribution in [3.63, 3.8) is 0 Å². The molecule has 1 aliphatic rings. The van der Waals surface area contributed by atoms with Gasteiger partial charge in [0.15, 0.2) is 6.61 Å². The zero-order chi connectivity index (χ0) is 20.3. The fourth-order valence-electron chi connectivity index (χ4n) is 3.08. The van der Waals surface area contributed by atoms with Crippen molar-refractivity contribution < 1.29 is 23.5 Å². The maximum absolute atomic E-state index is 12.7. The van der Waals surface area contributed by atoms with E-state index in [1.165, 1.54) is 13.0 Å². The minimum atomic E-state index is -0.674. The topological polar surface area (TPSA) is 86.0 Å². The third kappa shape index (κ3) is 4.60. The van der Waals surface area contributed by atoms with Crippen LogP contribution in [0, 0.1) is 13.8 Å². The summed E-state index contributed by atoms with van der Waals surface area (Å²) in [7, 11) is 1.60. The van der Waals surface area contributed by atoms with Crippen molar-refractivity contribution in [1.29, 1.82) is 0 Å². The molecule has 1 fully saturated rings. The molecule has 0 saturated heterocycles. The smallest absolute Gasteiger partial charge is 0.342 e. The predicted octanol–water partition coefficient (Wildman–Crippen LogP) is 2.61. The van der Waals surface area contributed by atoms with Crippen LogP contribution in [0.15, 0.2) is 39.5 Å². The van der Waals surface area contributed by atoms with Gasteiger partial charge in [-0.15, -0.1) is 0 Å². The fourth-order valence-corrected chi connectivity index (χ4v) is 3.08. The number of nitrogens with zero attached hydrogens (tertiary/aromatic N) is 1. The third-order valence-corrected chi connectivity index (χ3v) is 4.69. The van der Waals surface area contributed by atoms with E-state index >= 15 is 0 Å². The largest absolute Gasteiger partial charge is 0.497 e. The molecular weight excluding hydrogens is 362 g/mol. The van der Waals surface area contributed by atoms with Gasteiger partial charge >= 0.3 is 11.6 Å². The van der Waals surface area contributed by atoms with Crippen LogP contribution < -0.4 is 10.4 Å². The van der Waals surface area contributed by atoms with Crippen LogP contribution in [0.1, 0.15) is 40.1 Å². The number of methoxy groups -OCH3 is 1. The van der Waals surface area contributed by atoms with Gasteiger partial charge in [-0.05, 0) is 49.9 Å². The Morgan fingerprint density at radius 2 is 1.86 bits per heavy atom. The molecular formula is C21H23NO6. The van der Waals surface area contributed by atoms with E-state index in [9.17, 15) is 14.4 Å². The molecule has 2 aromatic rings. The SMILES string of the molecule is COc1ccc(CN(C(=O)COC(=O)c2c(C)cc(=O)oc2C)C2CC2)cc1. The Morgan fingerprint density at radius 3 is 2.43 bits per heavy atom. The summed E-state index contributed by atoms with van der Waals surface area (Å²) in [6.07, 6.45) is 1.88. The van der Waals surface area contributed by atoms with E-state index in [0.717, 1.165) is 24.2 Å². The van der Waals surface area contributed by atoms with Crippen LogP contribution in [-0.2, 0) is 16.1 Å². The van der Waals surface area contributed by atoms with Crippen LogP contribution in [0.25, 0.3) is 0 Å². The molecule has 7 heteroatoms. The number of benzene rings is 1. The van der Waals surface area contributed by atoms with E-state index in [2.05, 4.69) is 0 Å². The molecule has 0 N–H and O–H groups in total. The number of aryl methyl sites for hydroxylation is 2. The lowest BCUT2D eigenvalue weighted by Crippen LogP contribution is -2.36. The van der Waals surface area contributed by atoms with Crippen LogP contribution >= 0.6 is 0 Å². The molecule has 1 heterocycles. The van der Waals surface area contributed by atoms with E-state index < -0.39 is 11.6 Å². The lowest BCUT2D eigenvalue weighted by molar-refractivity contribution is -0.135. The van der Waals surface area contributed by atoms with Gasteiger partial charge < -0.3 is 18.8 Å². The molecule has 1 saturated carbocycles. The van der Waals surface area contributed by atoms with Crippen molar-refractivity contribution in [3.8, 4) is 5.75 Å². The first-order chi connectivity index (χ1) is 13.4. The second-order valence-electron chi connectivity index (χ2n) is 6.86. The summed E-state index contributed by atoms with van der Waals surface area (Å²) in [6.45, 7) is 3.24. The Morgan fingerprint density at radius 1 is 1.18 bits per heavy atom. The van der Waals surface area contributed by atoms with Crippen molar-refractivity contribution in [2.24, 2.45) is 0 Å². The number of carbonyl (C=O) groups excluding carboxylic acids is 2. The molecule has 1 amide bonds. The number of carbonyl (C=O) groups is 2. The minimum Gasteiger partial charge on any atom is -0.497 e. The Labute approximate surface area is 162 Å². The Kier molecular flexibility index (Phi) is 5.82. The minimum absolute atomic E-state index is 0.173. The summed E-state index contributed by atoms with van der Waals surface area (Å²) in [5.41, 5.74) is 1.09. The highest BCUT2D eigenvalue weighted by Crippen LogP contribution is 2.29. The highest BCUT2D eigenvalue weighted by Gasteiger charge is 2.33. The van der Waals surface area contributed by atoms with E-state index in [4.69, 9.17) is 13.9 Å². The van der Waals surface area contributed by atoms with Crippen molar-refractivity contribution in [1.82, 2.24) is 4.90 Å². The summed E-state index contributed by atoms with van der Waals surface area (Å²) in [4.78, 5) is 38.1. The summed E-state index contributed by atoms with van der Waals surface area (Å²) in [6, 6.07) is 8.91. The fraction of sp³-hybridized carbons (Fsp3) is 0.381. The summed E-state index contributed by atoms with van der Waals surface area (Å²) < 4.78 is 15.3. The Bertz CT molecular complexity index is 901. The third-order valence-electron chi connectivity index (χ3n) is 4.69. The number of esters is 1. The molecule has 0 bridgehead atoms. The standard InChI is InChI=1S/C21H23NO6/c1-13-10-19(24)28-14(2)20(13)21(25)27-12-18(23)22(16-6-7-16)11-15-4-8-17(26-3)9-5-15/h4-5,8-10,16H,6-7,11-12H2,1-3H3. The summed E-state index contributed by atoms with van der Waals surface area (Å²) in [5.74, 6) is 0.00798. The molecule has 1 aliphatic carbocycles. The normalized spacial score (nSPS) is 13.1. The lowest BCUT2D eigenvalue weighted by Gasteiger charge is -2.22. The average Bonchev–Trinajstić information content (AvgIpc) is 3.49. The molecule has 1 aromatic heterocycles. The van der Waals surface area contributed by atoms with Crippen LogP contribution in [0.2, 0.25) is 0 Å². The maximum Gasteiger partial charge on any atom is 0.342 e. The molecule has 0 aliphatic heterocycles. The van der Waals surface area contributed by atoms with E-state index in [-0.39, 0.29) is 29.9 Å². The second kappa shape index (κ2) is 8.29. The number of ether oxygens (including phenoxy) is 2. The van der Waals surface area contributed by atoms with Crippen LogP contribution in [0.3, 0.4) is 0 Å². The first-order valence-corrected chi connectivity index (χ1v) is 9.10. The average molecular weight is 385 g/mol. The van der Waals surface area contributed by atoms with Gasteiger partial charge in [0.1, 0.15) is 17.1 Å². The van der Waals surface area contributed by atoms with Gasteiger partial charge in [0.05, 0.1) is 7.11 Å². The van der Waals surface area contributed by atoms with Gasteiger partial charge in [0, 0.05) is 18.7 Å². The Hall–Kier alpha value is -3.09. The zero-order valence-electron chi connectivity index (χ0n) is 16.2. The number of hydrogen-bond acceptors (Lipinski definition) is 6. The van der Waals surface area contributed by atoms with Crippen molar-refractivity contribution in [3.05, 3.63) is 63.2 Å².